The van der Waals surface area contributed by atoms with Crippen LogP contribution in [-0.2, 0) is 14.3 Å². The molecule has 1 saturated carbocycles. The van der Waals surface area contributed by atoms with Crippen molar-refractivity contribution in [3.63, 3.8) is 0 Å². The number of esters is 1. The molecule has 2 N–H and O–H groups in total. The summed E-state index contributed by atoms with van der Waals surface area (Å²) in [5, 5.41) is 0. The van der Waals surface area contributed by atoms with Crippen LogP contribution in [0.15, 0.2) is 6.33 Å². The minimum atomic E-state index is -1.03. The Morgan fingerprint density at radius 3 is 2.93 bits per heavy atom. The highest BCUT2D eigenvalue weighted by molar-refractivity contribution is 5.81. The lowest BCUT2D eigenvalue weighted by molar-refractivity contribution is -0.158. The first-order chi connectivity index (χ1) is 13.5. The number of hydrogen-bond donors (Lipinski definition) is 1. The molecule has 148 valence electrons. The Hall–Kier alpha value is -2.73. The van der Waals surface area contributed by atoms with Crippen molar-refractivity contribution in [3.05, 3.63) is 12.4 Å². The molecule has 28 heavy (non-hydrogen) atoms. The van der Waals surface area contributed by atoms with E-state index in [0.29, 0.717) is 18.4 Å². The van der Waals surface area contributed by atoms with Crippen LogP contribution in [0.5, 0.6) is 0 Å². The van der Waals surface area contributed by atoms with Crippen LogP contribution in [0.4, 0.5) is 10.2 Å². The second kappa shape index (κ2) is 7.36. The topological polar surface area (TPSA) is 105 Å². The summed E-state index contributed by atoms with van der Waals surface area (Å²) in [6.45, 7) is -0.00650. The van der Waals surface area contributed by atoms with Crippen LogP contribution in [0, 0.1) is 24.3 Å². The van der Waals surface area contributed by atoms with Gasteiger partial charge in [-0.2, -0.15) is 14.4 Å². The van der Waals surface area contributed by atoms with E-state index in [4.69, 9.17) is 21.6 Å². The zero-order valence-corrected chi connectivity index (χ0v) is 15.4. The Bertz CT molecular complexity index is 934. The van der Waals surface area contributed by atoms with Gasteiger partial charge in [0.2, 0.25) is 0 Å². The third-order valence-electron chi connectivity index (χ3n) is 5.54. The number of fused-ring (bicyclic) bond motifs is 1. The lowest BCUT2D eigenvalue weighted by Crippen LogP contribution is -2.35. The van der Waals surface area contributed by atoms with Crippen molar-refractivity contribution >= 4 is 23.0 Å². The van der Waals surface area contributed by atoms with Gasteiger partial charge in [0, 0.05) is 0 Å². The normalized spacial score (nSPS) is 25.6. The third-order valence-corrected chi connectivity index (χ3v) is 5.54. The summed E-state index contributed by atoms with van der Waals surface area (Å²) < 4.78 is 26.7. The highest BCUT2D eigenvalue weighted by Gasteiger charge is 2.42. The summed E-state index contributed by atoms with van der Waals surface area (Å²) in [5.74, 6) is 2.33. The third kappa shape index (κ3) is 3.40. The van der Waals surface area contributed by atoms with Crippen LogP contribution in [0.1, 0.15) is 51.2 Å². The molecule has 3 heterocycles. The number of carbonyl (C=O) groups excluding carboxylic acids is 1. The van der Waals surface area contributed by atoms with Gasteiger partial charge in [-0.3, -0.25) is 9.36 Å². The van der Waals surface area contributed by atoms with Crippen molar-refractivity contribution in [1.29, 1.82) is 0 Å². The predicted octanol–water partition coefficient (Wildman–Crippen LogP) is 2.35. The first kappa shape index (κ1) is 18.6. The maximum absolute atomic E-state index is 13.6. The first-order valence-corrected chi connectivity index (χ1v) is 9.49. The number of anilines is 1. The van der Waals surface area contributed by atoms with Crippen molar-refractivity contribution in [2.75, 3.05) is 12.3 Å². The van der Waals surface area contributed by atoms with E-state index in [1.165, 1.54) is 6.33 Å². The zero-order chi connectivity index (χ0) is 19.7. The van der Waals surface area contributed by atoms with E-state index in [9.17, 15) is 9.18 Å². The largest absolute Gasteiger partial charge is 0.461 e. The van der Waals surface area contributed by atoms with Crippen LogP contribution in [-0.4, -0.2) is 37.7 Å². The van der Waals surface area contributed by atoms with E-state index in [0.717, 1.165) is 32.1 Å². The summed E-state index contributed by atoms with van der Waals surface area (Å²) in [6.07, 6.45) is 11.8. The molecular weight excluding hydrogens is 365 g/mol. The predicted molar refractivity (Wildman–Crippen MR) is 98.1 cm³/mol. The molecule has 2 atom stereocenters. The second-order valence-electron chi connectivity index (χ2n) is 7.39. The molecule has 4 rings (SSSR count). The van der Waals surface area contributed by atoms with Gasteiger partial charge in [-0.15, -0.1) is 6.42 Å². The molecular formula is C19H22FN5O3. The molecule has 2 aliphatic rings. The molecule has 0 radical (unpaired) electrons. The van der Waals surface area contributed by atoms with Gasteiger partial charge in [0.05, 0.1) is 12.2 Å². The monoisotopic (exact) mass is 387 g/mol. The number of carbonyl (C=O) groups is 1. The first-order valence-electron chi connectivity index (χ1n) is 9.49. The quantitative estimate of drug-likeness (QED) is 0.488. The summed E-state index contributed by atoms with van der Waals surface area (Å²) in [5.41, 5.74) is 5.21. The van der Waals surface area contributed by atoms with Crippen molar-refractivity contribution in [1.82, 2.24) is 19.5 Å². The van der Waals surface area contributed by atoms with Gasteiger partial charge in [-0.1, -0.05) is 25.2 Å². The molecule has 0 spiro atoms. The van der Waals surface area contributed by atoms with Crippen LogP contribution in [0.2, 0.25) is 0 Å². The summed E-state index contributed by atoms with van der Waals surface area (Å²) in [7, 11) is 0. The lowest BCUT2D eigenvalue weighted by Gasteiger charge is -2.26. The van der Waals surface area contributed by atoms with Gasteiger partial charge < -0.3 is 15.2 Å². The number of aromatic nitrogens is 4. The van der Waals surface area contributed by atoms with Crippen molar-refractivity contribution in [3.8, 4) is 12.3 Å². The second-order valence-corrected chi connectivity index (χ2v) is 7.39. The molecule has 2 fully saturated rings. The lowest BCUT2D eigenvalue weighted by atomic mass is 9.89. The highest BCUT2D eigenvalue weighted by Crippen LogP contribution is 2.38. The Morgan fingerprint density at radius 1 is 1.39 bits per heavy atom. The Balaban J connectivity index is 1.47. The van der Waals surface area contributed by atoms with Crippen LogP contribution in [0.3, 0.4) is 0 Å². The molecule has 2 aromatic rings. The number of halogens is 1. The van der Waals surface area contributed by atoms with Gasteiger partial charge in [0.1, 0.15) is 12.8 Å². The summed E-state index contributed by atoms with van der Waals surface area (Å²) >= 11 is 0. The van der Waals surface area contributed by atoms with Gasteiger partial charge in [0.25, 0.3) is 0 Å². The number of terminal acetylenes is 1. The zero-order valence-electron chi connectivity index (χ0n) is 15.4. The minimum absolute atomic E-state index is 0.00650. The molecule has 0 amide bonds. The average molecular weight is 387 g/mol. The number of ether oxygens (including phenoxy) is 2. The Morgan fingerprint density at radius 2 is 2.18 bits per heavy atom. The van der Waals surface area contributed by atoms with Crippen LogP contribution < -0.4 is 5.73 Å². The fourth-order valence-corrected chi connectivity index (χ4v) is 3.95. The molecule has 0 bridgehead atoms. The van der Waals surface area contributed by atoms with E-state index in [1.54, 1.807) is 4.57 Å². The summed E-state index contributed by atoms with van der Waals surface area (Å²) in [4.78, 5) is 23.7. The van der Waals surface area contributed by atoms with E-state index in [1.807, 2.05) is 0 Å². The van der Waals surface area contributed by atoms with Crippen molar-refractivity contribution in [2.45, 2.75) is 56.8 Å². The van der Waals surface area contributed by atoms with Gasteiger partial charge >= 0.3 is 12.0 Å². The number of nitrogen functional groups attached to an aromatic ring is 1. The maximum atomic E-state index is 13.6. The van der Waals surface area contributed by atoms with E-state index >= 15 is 0 Å². The van der Waals surface area contributed by atoms with Gasteiger partial charge in [-0.25, -0.2) is 4.98 Å². The van der Waals surface area contributed by atoms with E-state index < -0.39 is 17.9 Å². The number of imidazole rings is 1. The standard InChI is InChI=1S/C19H22FN5O3/c1-2-19(10-27-17(26)12-6-4-3-5-7-12)9-8-13(28-19)25-11-22-14-15(21)23-18(20)24-16(14)25/h1,11-13H,3-10H2,(H2,21,23,24)/t13-,19+/m1/s1. The fraction of sp³-hybridized carbons (Fsp3) is 0.579. The Kier molecular flexibility index (Phi) is 4.89. The maximum Gasteiger partial charge on any atom is 0.312 e. The van der Waals surface area contributed by atoms with Crippen LogP contribution in [0.25, 0.3) is 11.2 Å². The van der Waals surface area contributed by atoms with Gasteiger partial charge in [-0.05, 0) is 25.7 Å². The smallest absolute Gasteiger partial charge is 0.312 e. The number of rotatable bonds is 4. The van der Waals surface area contributed by atoms with Crippen molar-refractivity contribution < 1.29 is 18.7 Å². The van der Waals surface area contributed by atoms with Gasteiger partial charge in [0.15, 0.2) is 22.6 Å². The van der Waals surface area contributed by atoms with E-state index in [-0.39, 0.29) is 30.0 Å². The van der Waals surface area contributed by atoms with Crippen LogP contribution >= 0.6 is 0 Å². The minimum Gasteiger partial charge on any atom is -0.461 e. The number of nitrogens with zero attached hydrogens (tertiary/aromatic N) is 4. The molecule has 1 aliphatic carbocycles. The highest BCUT2D eigenvalue weighted by atomic mass is 19.1. The molecule has 8 nitrogen and oxygen atoms in total. The average Bonchev–Trinajstić information content (AvgIpc) is 3.31. The molecule has 0 aromatic carbocycles. The van der Waals surface area contributed by atoms with E-state index in [2.05, 4.69) is 20.9 Å². The summed E-state index contributed by atoms with van der Waals surface area (Å²) in [6, 6.07) is 0. The molecule has 1 aliphatic heterocycles. The molecule has 1 saturated heterocycles. The molecule has 2 aromatic heterocycles. The fourth-order valence-electron chi connectivity index (χ4n) is 3.95. The SMILES string of the molecule is C#C[C@@]1(COC(=O)C2CCCCC2)CC[C@H](n2cnc3c(N)nc(F)nc32)O1. The number of nitrogens with two attached hydrogens (primary N) is 1. The number of hydrogen-bond acceptors (Lipinski definition) is 7. The molecule has 9 heteroatoms. The Labute approximate surface area is 161 Å². The molecule has 0 unspecified atom stereocenters. The van der Waals surface area contributed by atoms with Crippen molar-refractivity contribution in [2.24, 2.45) is 5.92 Å².